The maximum atomic E-state index is 12.6. The predicted octanol–water partition coefficient (Wildman–Crippen LogP) is 4.19. The summed E-state index contributed by atoms with van der Waals surface area (Å²) in [6.45, 7) is 0. The van der Waals surface area contributed by atoms with E-state index in [0.717, 1.165) is 6.07 Å². The SMILES string of the molecule is N.Nc1cc2oc3cc(=O)c(-c4ccc(O)cc4O)cc-3nc2cc1-c1ccc(O)cc1O. The number of aromatic nitrogens is 1. The van der Waals surface area contributed by atoms with E-state index in [-0.39, 0.29) is 51.5 Å². The molecule has 0 unspecified atom stereocenters. The molecule has 5 rings (SSSR count). The third-order valence-electron chi connectivity index (χ3n) is 5.20. The highest BCUT2D eigenvalue weighted by Gasteiger charge is 2.18. The van der Waals surface area contributed by atoms with Gasteiger partial charge in [0, 0.05) is 52.2 Å². The van der Waals surface area contributed by atoms with E-state index in [0.29, 0.717) is 33.6 Å². The molecule has 0 radical (unpaired) electrons. The summed E-state index contributed by atoms with van der Waals surface area (Å²) in [6.07, 6.45) is 0. The number of benzene rings is 4. The third-order valence-corrected chi connectivity index (χ3v) is 5.20. The number of nitrogens with two attached hydrogens (primary N) is 1. The zero-order chi connectivity index (χ0) is 22.6. The number of rotatable bonds is 2. The molecule has 33 heavy (non-hydrogen) atoms. The third kappa shape index (κ3) is 3.62. The van der Waals surface area contributed by atoms with Gasteiger partial charge in [-0.05, 0) is 36.4 Å². The Labute approximate surface area is 186 Å². The van der Waals surface area contributed by atoms with Gasteiger partial charge in [-0.15, -0.1) is 0 Å². The van der Waals surface area contributed by atoms with E-state index in [9.17, 15) is 25.2 Å². The normalized spacial score (nSPS) is 10.9. The molecule has 3 aromatic carbocycles. The highest BCUT2D eigenvalue weighted by molar-refractivity contribution is 5.91. The van der Waals surface area contributed by atoms with Crippen molar-refractivity contribution >= 4 is 16.8 Å². The van der Waals surface area contributed by atoms with Crippen molar-refractivity contribution in [3.63, 3.8) is 0 Å². The van der Waals surface area contributed by atoms with Crippen LogP contribution in [0.4, 0.5) is 5.69 Å². The van der Waals surface area contributed by atoms with Crippen molar-refractivity contribution in [3.05, 3.63) is 70.9 Å². The van der Waals surface area contributed by atoms with Gasteiger partial charge in [-0.2, -0.15) is 0 Å². The minimum absolute atomic E-state index is 0. The molecule has 0 amide bonds. The fourth-order valence-electron chi connectivity index (χ4n) is 3.66. The van der Waals surface area contributed by atoms with Crippen molar-refractivity contribution in [3.8, 4) is 56.7 Å². The van der Waals surface area contributed by atoms with Crippen molar-refractivity contribution in [2.45, 2.75) is 0 Å². The highest BCUT2D eigenvalue weighted by atomic mass is 16.3. The average Bonchev–Trinajstić information content (AvgIpc) is 2.72. The molecule has 0 atom stereocenters. The summed E-state index contributed by atoms with van der Waals surface area (Å²) in [6, 6.07) is 14.1. The second-order valence-electron chi connectivity index (χ2n) is 7.34. The zero-order valence-corrected chi connectivity index (χ0v) is 17.1. The lowest BCUT2D eigenvalue weighted by Gasteiger charge is -2.12. The molecule has 0 fully saturated rings. The van der Waals surface area contributed by atoms with Gasteiger partial charge in [-0.1, -0.05) is 0 Å². The fourth-order valence-corrected chi connectivity index (χ4v) is 3.66. The van der Waals surface area contributed by atoms with Gasteiger partial charge in [-0.3, -0.25) is 4.79 Å². The second-order valence-corrected chi connectivity index (χ2v) is 7.34. The summed E-state index contributed by atoms with van der Waals surface area (Å²) < 4.78 is 5.84. The smallest absolute Gasteiger partial charge is 0.190 e. The van der Waals surface area contributed by atoms with E-state index >= 15 is 0 Å². The topological polar surface area (TPSA) is 185 Å². The summed E-state index contributed by atoms with van der Waals surface area (Å²) in [4.78, 5) is 17.2. The number of fused-ring (bicyclic) bond motifs is 2. The minimum Gasteiger partial charge on any atom is -0.508 e. The maximum Gasteiger partial charge on any atom is 0.190 e. The van der Waals surface area contributed by atoms with Gasteiger partial charge in [0.25, 0.3) is 0 Å². The van der Waals surface area contributed by atoms with Gasteiger partial charge in [0.2, 0.25) is 0 Å². The first-order valence-electron chi connectivity index (χ1n) is 9.53. The molecule has 0 saturated heterocycles. The molecule has 0 spiro atoms. The lowest BCUT2D eigenvalue weighted by molar-refractivity contribution is 0.451. The second kappa shape index (κ2) is 7.74. The average molecular weight is 445 g/mol. The van der Waals surface area contributed by atoms with E-state index in [1.807, 2.05) is 0 Å². The molecule has 9 nitrogen and oxygen atoms in total. The summed E-state index contributed by atoms with van der Waals surface area (Å²) in [7, 11) is 0. The maximum absolute atomic E-state index is 12.6. The minimum atomic E-state index is -0.387. The van der Waals surface area contributed by atoms with E-state index in [4.69, 9.17) is 10.2 Å². The molecule has 9 heteroatoms. The Morgan fingerprint density at radius 1 is 0.727 bits per heavy atom. The Hall–Kier alpha value is -4.76. The van der Waals surface area contributed by atoms with Gasteiger partial charge in [0.15, 0.2) is 16.8 Å². The standard InChI is InChI=1S/C24H16N2O6.H3N/c25-17-9-23-18(7-15(17)13-3-1-11(27)5-20(13)29)26-19-8-16(22(31)10-24(19)32-23)14-4-2-12(28)6-21(14)30;/h1-10,27-30H,25H2;1H3. The number of anilines is 1. The van der Waals surface area contributed by atoms with Crippen LogP contribution in [0.25, 0.3) is 44.8 Å². The fraction of sp³-hybridized carbons (Fsp3) is 0. The van der Waals surface area contributed by atoms with Crippen LogP contribution in [0.1, 0.15) is 0 Å². The number of aromatic hydroxyl groups is 4. The summed E-state index contributed by atoms with van der Waals surface area (Å²) in [5, 5.41) is 39.4. The van der Waals surface area contributed by atoms with Gasteiger partial charge < -0.3 is 36.7 Å². The lowest BCUT2D eigenvalue weighted by Crippen LogP contribution is -2.06. The van der Waals surface area contributed by atoms with Crippen molar-refractivity contribution in [1.29, 1.82) is 0 Å². The Kier molecular flexibility index (Phi) is 5.03. The van der Waals surface area contributed by atoms with Crippen LogP contribution >= 0.6 is 0 Å². The van der Waals surface area contributed by atoms with Crippen LogP contribution in [0.3, 0.4) is 0 Å². The number of hydrogen-bond donors (Lipinski definition) is 6. The van der Waals surface area contributed by atoms with Gasteiger partial charge >= 0.3 is 0 Å². The highest BCUT2D eigenvalue weighted by Crippen LogP contribution is 2.39. The Balaban J connectivity index is 0.00000259. The number of nitrogen functional groups attached to an aromatic ring is 1. The number of hydrogen-bond acceptors (Lipinski definition) is 9. The predicted molar refractivity (Wildman–Crippen MR) is 124 cm³/mol. The Morgan fingerprint density at radius 3 is 1.94 bits per heavy atom. The Bertz CT molecular complexity index is 1560. The molecule has 3 aromatic rings. The first-order chi connectivity index (χ1) is 15.3. The molecule has 1 aliphatic carbocycles. The molecule has 0 aromatic heterocycles. The summed E-state index contributed by atoms with van der Waals surface area (Å²) >= 11 is 0. The molecule has 1 heterocycles. The van der Waals surface area contributed by atoms with Gasteiger partial charge in [-0.25, -0.2) is 4.98 Å². The van der Waals surface area contributed by atoms with E-state index in [1.54, 1.807) is 12.1 Å². The van der Waals surface area contributed by atoms with E-state index in [1.165, 1.54) is 42.5 Å². The van der Waals surface area contributed by atoms with Crippen LogP contribution in [0.15, 0.2) is 69.9 Å². The van der Waals surface area contributed by atoms with Crippen LogP contribution in [-0.4, -0.2) is 25.4 Å². The van der Waals surface area contributed by atoms with E-state index < -0.39 is 0 Å². The number of phenols is 4. The number of nitrogens with zero attached hydrogens (tertiary/aromatic N) is 1. The van der Waals surface area contributed by atoms with Crippen LogP contribution in [0.2, 0.25) is 0 Å². The lowest BCUT2D eigenvalue weighted by atomic mass is 10.0. The molecule has 1 aliphatic heterocycles. The largest absolute Gasteiger partial charge is 0.508 e. The summed E-state index contributed by atoms with van der Waals surface area (Å²) in [5.74, 6) is -0.347. The van der Waals surface area contributed by atoms with E-state index in [2.05, 4.69) is 4.98 Å². The molecule has 0 saturated carbocycles. The molecular weight excluding hydrogens is 426 g/mol. The Morgan fingerprint density at radius 2 is 1.33 bits per heavy atom. The number of phenolic OH excluding ortho intramolecular Hbond substituents is 4. The van der Waals surface area contributed by atoms with Crippen LogP contribution in [0.5, 0.6) is 23.0 Å². The molecule has 0 bridgehead atoms. The first kappa shape index (κ1) is 21.5. The molecule has 2 aliphatic rings. The summed E-state index contributed by atoms with van der Waals surface area (Å²) in [5.41, 5.74) is 8.58. The van der Waals surface area contributed by atoms with Crippen LogP contribution in [-0.2, 0) is 0 Å². The van der Waals surface area contributed by atoms with Crippen molar-refractivity contribution < 1.29 is 24.8 Å². The van der Waals surface area contributed by atoms with Crippen LogP contribution in [0, 0.1) is 0 Å². The van der Waals surface area contributed by atoms with Crippen LogP contribution < -0.4 is 17.3 Å². The quantitative estimate of drug-likeness (QED) is 0.171. The zero-order valence-electron chi connectivity index (χ0n) is 17.1. The molecular formula is C24H19N3O6. The first-order valence-corrected chi connectivity index (χ1v) is 9.53. The van der Waals surface area contributed by atoms with Crippen molar-refractivity contribution in [2.75, 3.05) is 5.73 Å². The monoisotopic (exact) mass is 445 g/mol. The van der Waals surface area contributed by atoms with Gasteiger partial charge in [0.1, 0.15) is 34.2 Å². The molecule has 9 N–H and O–H groups in total. The van der Waals surface area contributed by atoms with Crippen molar-refractivity contribution in [2.24, 2.45) is 0 Å². The van der Waals surface area contributed by atoms with Gasteiger partial charge in [0.05, 0.1) is 0 Å². The van der Waals surface area contributed by atoms with Crippen molar-refractivity contribution in [1.82, 2.24) is 11.1 Å². The molecule has 166 valence electrons.